The molecule has 1 heteroatoms. The summed E-state index contributed by atoms with van der Waals surface area (Å²) in [6, 6.07) is 0. The minimum Gasteiger partial charge on any atom is -0.120 e. The minimum absolute atomic E-state index is 1.17. The van der Waals surface area contributed by atoms with Crippen molar-refractivity contribution in [2.75, 3.05) is 5.75 Å². The molecule has 0 N–H and O–H groups in total. The van der Waals surface area contributed by atoms with Crippen LogP contribution in [0, 0.1) is 6.08 Å². The third-order valence-corrected chi connectivity index (χ3v) is 3.00. The molecule has 0 spiro atoms. The molecule has 51 valence electrons. The highest BCUT2D eigenvalue weighted by molar-refractivity contribution is 8.03. The normalized spacial score (nSPS) is 23.0. The van der Waals surface area contributed by atoms with Crippen LogP contribution in [0.5, 0.6) is 0 Å². The molecule has 0 atom stereocenters. The van der Waals surface area contributed by atoms with Gasteiger partial charge in [0.2, 0.25) is 0 Å². The zero-order chi connectivity index (χ0) is 7.14. The van der Waals surface area contributed by atoms with Gasteiger partial charge in [-0.25, -0.2) is 0 Å². The fourth-order valence-corrected chi connectivity index (χ4v) is 2.39. The Kier molecular flexibility index (Phi) is 1.27. The van der Waals surface area contributed by atoms with Crippen molar-refractivity contribution >= 4 is 11.8 Å². The lowest BCUT2D eigenvalue weighted by Crippen LogP contribution is -1.74. The molecule has 0 aromatic rings. The van der Waals surface area contributed by atoms with E-state index in [1.54, 1.807) is 0 Å². The topological polar surface area (TPSA) is 0 Å². The molecule has 0 nitrogen and oxygen atoms in total. The van der Waals surface area contributed by atoms with Crippen molar-refractivity contribution < 1.29 is 0 Å². The van der Waals surface area contributed by atoms with Crippen LogP contribution in [0.4, 0.5) is 0 Å². The number of hydrogen-bond acceptors (Lipinski definition) is 1. The van der Waals surface area contributed by atoms with Gasteiger partial charge in [-0.1, -0.05) is 11.6 Å². The zero-order valence-corrected chi connectivity index (χ0v) is 7.01. The fourth-order valence-electron chi connectivity index (χ4n) is 1.25. The Balaban J connectivity index is 2.51. The van der Waals surface area contributed by atoms with Crippen LogP contribution in [0.25, 0.3) is 0 Å². The maximum absolute atomic E-state index is 3.33. The van der Waals surface area contributed by atoms with Gasteiger partial charge < -0.3 is 0 Å². The van der Waals surface area contributed by atoms with E-state index in [9.17, 15) is 0 Å². The van der Waals surface area contributed by atoms with Crippen molar-refractivity contribution in [3.63, 3.8) is 0 Å². The largest absolute Gasteiger partial charge is 0.120 e. The lowest BCUT2D eigenvalue weighted by Gasteiger charge is -1.89. The maximum atomic E-state index is 3.33. The lowest BCUT2D eigenvalue weighted by atomic mass is 10.2. The highest BCUT2D eigenvalue weighted by atomic mass is 32.2. The third kappa shape index (κ3) is 0.772. The van der Waals surface area contributed by atoms with Crippen LogP contribution in [-0.4, -0.2) is 5.75 Å². The summed E-state index contributed by atoms with van der Waals surface area (Å²) in [5, 5.41) is 0. The Hall–Kier alpha value is -0.430. The molecule has 10 heavy (non-hydrogen) atoms. The van der Waals surface area contributed by atoms with Gasteiger partial charge in [-0.05, 0) is 25.0 Å². The van der Waals surface area contributed by atoms with E-state index in [2.05, 4.69) is 26.0 Å². The van der Waals surface area contributed by atoms with Gasteiger partial charge in [0.05, 0.1) is 0 Å². The van der Waals surface area contributed by atoms with Gasteiger partial charge in [0.1, 0.15) is 0 Å². The monoisotopic (exact) mass is 149 g/mol. The van der Waals surface area contributed by atoms with Crippen molar-refractivity contribution in [1.82, 2.24) is 0 Å². The molecular weight excluding hydrogens is 140 g/mol. The van der Waals surface area contributed by atoms with E-state index in [0.717, 1.165) is 0 Å². The average Bonchev–Trinajstić information content (AvgIpc) is 2.35. The molecule has 0 fully saturated rings. The molecule has 1 heterocycles. The van der Waals surface area contributed by atoms with Gasteiger partial charge in [0.15, 0.2) is 0 Å². The first-order valence-corrected chi connectivity index (χ1v) is 4.41. The van der Waals surface area contributed by atoms with Crippen molar-refractivity contribution in [3.05, 3.63) is 33.8 Å². The second-order valence-corrected chi connectivity index (χ2v) is 3.75. The number of hydrogen-bond donors (Lipinski definition) is 0. The van der Waals surface area contributed by atoms with Crippen LogP contribution in [-0.2, 0) is 0 Å². The van der Waals surface area contributed by atoms with E-state index in [4.69, 9.17) is 0 Å². The van der Waals surface area contributed by atoms with Crippen LogP contribution in [0.2, 0.25) is 0 Å². The molecule has 1 aliphatic heterocycles. The highest BCUT2D eigenvalue weighted by Gasteiger charge is 2.19. The Morgan fingerprint density at radius 3 is 3.00 bits per heavy atom. The average molecular weight is 149 g/mol. The SMILES string of the molecule is CC1=CC2=C(C)CSC2=[C]1. The predicted octanol–water partition coefficient (Wildman–Crippen LogP) is 2.70. The van der Waals surface area contributed by atoms with E-state index < -0.39 is 0 Å². The molecule has 0 aromatic heterocycles. The summed E-state index contributed by atoms with van der Waals surface area (Å²) in [4.78, 5) is 1.36. The van der Waals surface area contributed by atoms with Gasteiger partial charge in [0, 0.05) is 16.7 Å². The zero-order valence-electron chi connectivity index (χ0n) is 6.19. The van der Waals surface area contributed by atoms with Crippen molar-refractivity contribution in [1.29, 1.82) is 0 Å². The molecular formula is C9H9S. The minimum atomic E-state index is 1.17. The number of fused-ring (bicyclic) bond motifs is 1. The van der Waals surface area contributed by atoms with E-state index in [1.807, 2.05) is 11.8 Å². The lowest BCUT2D eigenvalue weighted by molar-refractivity contribution is 1.39. The molecule has 0 aromatic carbocycles. The summed E-state index contributed by atoms with van der Waals surface area (Å²) < 4.78 is 0. The number of thioether (sulfide) groups is 1. The van der Waals surface area contributed by atoms with Crippen molar-refractivity contribution in [2.45, 2.75) is 13.8 Å². The Morgan fingerprint density at radius 1 is 1.50 bits per heavy atom. The molecule has 1 aliphatic carbocycles. The van der Waals surface area contributed by atoms with Crippen LogP contribution in [0.3, 0.4) is 0 Å². The maximum Gasteiger partial charge on any atom is 0.0229 e. The van der Waals surface area contributed by atoms with Crippen molar-refractivity contribution in [3.8, 4) is 0 Å². The molecule has 2 aliphatic rings. The first kappa shape index (κ1) is 6.29. The van der Waals surface area contributed by atoms with Crippen molar-refractivity contribution in [2.24, 2.45) is 0 Å². The molecule has 1 radical (unpaired) electrons. The Bertz CT molecular complexity index is 266. The highest BCUT2D eigenvalue weighted by Crippen LogP contribution is 2.40. The molecule has 0 unspecified atom stereocenters. The third-order valence-electron chi connectivity index (χ3n) is 1.81. The summed E-state index contributed by atoms with van der Waals surface area (Å²) in [5.41, 5.74) is 4.21. The summed E-state index contributed by atoms with van der Waals surface area (Å²) >= 11 is 1.90. The Labute approximate surface area is 65.7 Å². The summed E-state index contributed by atoms with van der Waals surface area (Å²) in [5.74, 6) is 1.17. The standard InChI is InChI=1S/C9H9S/c1-6-3-8-7(2)5-10-9(8)4-6/h3H,5H2,1-2H3. The summed E-state index contributed by atoms with van der Waals surface area (Å²) in [6.07, 6.45) is 5.56. The smallest absolute Gasteiger partial charge is 0.0229 e. The summed E-state index contributed by atoms with van der Waals surface area (Å²) in [6.45, 7) is 4.30. The van der Waals surface area contributed by atoms with E-state index in [-0.39, 0.29) is 0 Å². The van der Waals surface area contributed by atoms with E-state index >= 15 is 0 Å². The quantitative estimate of drug-likeness (QED) is 0.510. The Morgan fingerprint density at radius 2 is 2.30 bits per heavy atom. The molecule has 0 bridgehead atoms. The van der Waals surface area contributed by atoms with Crippen LogP contribution in [0.15, 0.2) is 27.7 Å². The second kappa shape index (κ2) is 2.03. The van der Waals surface area contributed by atoms with E-state index in [1.165, 1.54) is 27.4 Å². The summed E-state index contributed by atoms with van der Waals surface area (Å²) in [7, 11) is 0. The number of allylic oxidation sites excluding steroid dienone is 4. The first-order valence-electron chi connectivity index (χ1n) is 3.42. The van der Waals surface area contributed by atoms with Crippen LogP contribution >= 0.6 is 11.8 Å². The molecule has 2 rings (SSSR count). The van der Waals surface area contributed by atoms with Gasteiger partial charge in [0.25, 0.3) is 0 Å². The second-order valence-electron chi connectivity index (χ2n) is 2.76. The van der Waals surface area contributed by atoms with Gasteiger partial charge in [-0.15, -0.1) is 11.8 Å². The molecule has 0 saturated heterocycles. The number of rotatable bonds is 0. The van der Waals surface area contributed by atoms with Gasteiger partial charge in [-0.3, -0.25) is 0 Å². The molecule has 0 amide bonds. The van der Waals surface area contributed by atoms with Gasteiger partial charge >= 0.3 is 0 Å². The first-order chi connectivity index (χ1) is 4.77. The predicted molar refractivity (Wildman–Crippen MR) is 45.7 cm³/mol. The van der Waals surface area contributed by atoms with Crippen LogP contribution < -0.4 is 0 Å². The van der Waals surface area contributed by atoms with E-state index in [0.29, 0.717) is 0 Å². The van der Waals surface area contributed by atoms with Gasteiger partial charge in [-0.2, -0.15) is 0 Å². The molecule has 0 saturated carbocycles. The van der Waals surface area contributed by atoms with Crippen LogP contribution in [0.1, 0.15) is 13.8 Å². The fraction of sp³-hybridized carbons (Fsp3) is 0.333.